The molecule has 0 saturated heterocycles. The third-order valence-corrected chi connectivity index (χ3v) is 1.96. The van der Waals surface area contributed by atoms with Gasteiger partial charge in [0.15, 0.2) is 0 Å². The van der Waals surface area contributed by atoms with Gasteiger partial charge in [0, 0.05) is 6.42 Å². The van der Waals surface area contributed by atoms with E-state index >= 15 is 0 Å². The lowest BCUT2D eigenvalue weighted by atomic mass is 9.92. The van der Waals surface area contributed by atoms with Gasteiger partial charge in [-0.3, -0.25) is 4.79 Å². The molecule has 1 N–H and O–H groups in total. The molecule has 1 amide bonds. The van der Waals surface area contributed by atoms with Crippen LogP contribution in [-0.2, 0) is 4.79 Å². The first kappa shape index (κ1) is 12.2. The molecule has 13 heavy (non-hydrogen) atoms. The predicted octanol–water partition coefficient (Wildman–Crippen LogP) is 2.15. The Morgan fingerprint density at radius 2 is 1.69 bits per heavy atom. The molecular weight excluding hydrogens is 190 g/mol. The Bertz CT molecular complexity index is 197. The van der Waals surface area contributed by atoms with Crippen molar-refractivity contribution in [1.29, 1.82) is 0 Å². The van der Waals surface area contributed by atoms with Crippen LogP contribution in [0.1, 0.15) is 26.7 Å². The molecule has 0 aliphatic carbocycles. The topological polar surface area (TPSA) is 29.1 Å². The van der Waals surface area contributed by atoms with Crippen molar-refractivity contribution in [3.8, 4) is 0 Å². The van der Waals surface area contributed by atoms with Crippen LogP contribution in [0, 0.1) is 0 Å². The zero-order valence-electron chi connectivity index (χ0n) is 7.33. The van der Waals surface area contributed by atoms with E-state index in [1.807, 2.05) is 0 Å². The molecule has 6 heteroatoms. The van der Waals surface area contributed by atoms with E-state index in [0.29, 0.717) is 5.54 Å². The first-order chi connectivity index (χ1) is 5.85. The smallest absolute Gasteiger partial charge is 0.269 e. The third-order valence-electron chi connectivity index (χ3n) is 1.96. The Kier molecular flexibility index (Phi) is 3.69. The van der Waals surface area contributed by atoms with E-state index < -0.39 is 30.3 Å². The van der Waals surface area contributed by atoms with Gasteiger partial charge in [0.2, 0.25) is 0 Å². The lowest BCUT2D eigenvalue weighted by molar-refractivity contribution is -0.174. The number of alkyl halides is 3. The number of hydrogen-bond donors (Lipinski definition) is 1. The maximum Gasteiger partial charge on any atom is 0.291 e. The van der Waals surface area contributed by atoms with Gasteiger partial charge in [-0.05, 0) is 6.42 Å². The third kappa shape index (κ3) is 1.92. The van der Waals surface area contributed by atoms with Crippen LogP contribution in [-0.4, -0.2) is 17.5 Å². The summed E-state index contributed by atoms with van der Waals surface area (Å²) in [6.07, 6.45) is -1.63. The van der Waals surface area contributed by atoms with Crippen molar-refractivity contribution >= 4 is 5.91 Å². The van der Waals surface area contributed by atoms with Crippen molar-refractivity contribution in [2.75, 3.05) is 0 Å². The lowest BCUT2D eigenvalue weighted by Gasteiger charge is -2.29. The number of carbonyl (C=O) groups excluding carboxylic acids is 1. The molecule has 0 aromatic heterocycles. The number of halogens is 4. The van der Waals surface area contributed by atoms with Gasteiger partial charge in [-0.1, -0.05) is 13.8 Å². The van der Waals surface area contributed by atoms with Crippen molar-refractivity contribution < 1.29 is 22.4 Å². The van der Waals surface area contributed by atoms with E-state index in [0.717, 1.165) is 13.8 Å². The molecule has 0 heterocycles. The van der Waals surface area contributed by atoms with Crippen molar-refractivity contribution in [3.05, 3.63) is 0 Å². The summed E-state index contributed by atoms with van der Waals surface area (Å²) in [6.45, 7) is 2.08. The van der Waals surface area contributed by atoms with Gasteiger partial charge >= 0.3 is 0 Å². The highest BCUT2D eigenvalue weighted by Gasteiger charge is 2.58. The van der Waals surface area contributed by atoms with E-state index in [1.165, 1.54) is 0 Å². The second-order valence-electron chi connectivity index (χ2n) is 2.64. The number of hydrogen-bond acceptors (Lipinski definition) is 1. The summed E-state index contributed by atoms with van der Waals surface area (Å²) < 4.78 is 50.5. The zero-order valence-corrected chi connectivity index (χ0v) is 7.33. The summed E-state index contributed by atoms with van der Waals surface area (Å²) in [6, 6.07) is 0. The fourth-order valence-electron chi connectivity index (χ4n) is 0.940. The monoisotopic (exact) mass is 201 g/mol. The SMILES string of the molecule is CCC(F)(F)C(F)(CC)C(=O)NF. The minimum absolute atomic E-state index is 0.403. The standard InChI is InChI=1S/C7H11F4NO/c1-3-6(8,5(13)12-11)7(9,10)4-2/h3-4H2,1-2H3,(H,12,13). The molecule has 0 aromatic rings. The van der Waals surface area contributed by atoms with Gasteiger partial charge in [0.1, 0.15) is 0 Å². The Labute approximate surface area is 73.2 Å². The van der Waals surface area contributed by atoms with Crippen LogP contribution in [0.5, 0.6) is 0 Å². The van der Waals surface area contributed by atoms with Gasteiger partial charge < -0.3 is 0 Å². The maximum atomic E-state index is 13.3. The van der Waals surface area contributed by atoms with Crippen LogP contribution >= 0.6 is 0 Å². The second kappa shape index (κ2) is 3.93. The van der Waals surface area contributed by atoms with Gasteiger partial charge in [-0.2, -0.15) is 5.54 Å². The Hall–Kier alpha value is -0.810. The molecule has 0 aliphatic heterocycles. The van der Waals surface area contributed by atoms with Crippen LogP contribution < -0.4 is 5.54 Å². The average Bonchev–Trinajstić information content (AvgIpc) is 2.14. The van der Waals surface area contributed by atoms with Gasteiger partial charge in [-0.25, -0.2) is 13.2 Å². The first-order valence-corrected chi connectivity index (χ1v) is 3.83. The molecule has 0 fully saturated rings. The average molecular weight is 201 g/mol. The summed E-state index contributed by atoms with van der Waals surface area (Å²) in [5, 5.41) is 0. The van der Waals surface area contributed by atoms with Crippen molar-refractivity contribution in [3.63, 3.8) is 0 Å². The van der Waals surface area contributed by atoms with E-state index in [-0.39, 0.29) is 0 Å². The van der Waals surface area contributed by atoms with E-state index in [9.17, 15) is 22.4 Å². The lowest BCUT2D eigenvalue weighted by Crippen LogP contribution is -2.53. The van der Waals surface area contributed by atoms with Gasteiger partial charge in [0.05, 0.1) is 0 Å². The first-order valence-electron chi connectivity index (χ1n) is 3.83. The van der Waals surface area contributed by atoms with Crippen LogP contribution in [0.2, 0.25) is 0 Å². The Morgan fingerprint density at radius 1 is 1.23 bits per heavy atom. The highest BCUT2D eigenvalue weighted by molar-refractivity contribution is 5.85. The summed E-state index contributed by atoms with van der Waals surface area (Å²) in [7, 11) is 0. The number of amides is 1. The summed E-state index contributed by atoms with van der Waals surface area (Å²) in [5.41, 5.74) is -3.06. The van der Waals surface area contributed by atoms with E-state index in [4.69, 9.17) is 0 Å². The molecule has 2 nitrogen and oxygen atoms in total. The molecule has 1 atom stereocenters. The normalized spacial score (nSPS) is 16.5. The largest absolute Gasteiger partial charge is 0.291 e. The van der Waals surface area contributed by atoms with Gasteiger partial charge in [-0.15, -0.1) is 4.48 Å². The van der Waals surface area contributed by atoms with Crippen molar-refractivity contribution in [1.82, 2.24) is 5.54 Å². The van der Waals surface area contributed by atoms with Crippen LogP contribution in [0.15, 0.2) is 0 Å². The Morgan fingerprint density at radius 3 is 1.92 bits per heavy atom. The highest BCUT2D eigenvalue weighted by atomic mass is 19.3. The van der Waals surface area contributed by atoms with Crippen molar-refractivity contribution in [2.45, 2.75) is 38.3 Å². The summed E-state index contributed by atoms with van der Waals surface area (Å²) in [5.74, 6) is -5.78. The minimum Gasteiger partial charge on any atom is -0.269 e. The quantitative estimate of drug-likeness (QED) is 0.548. The van der Waals surface area contributed by atoms with E-state index in [1.54, 1.807) is 0 Å². The van der Waals surface area contributed by atoms with Gasteiger partial charge in [0.25, 0.3) is 17.5 Å². The highest BCUT2D eigenvalue weighted by Crippen LogP contribution is 2.38. The second-order valence-corrected chi connectivity index (χ2v) is 2.64. The fraction of sp³-hybridized carbons (Fsp3) is 0.857. The maximum absolute atomic E-state index is 13.3. The molecule has 0 radical (unpaired) electrons. The fourth-order valence-corrected chi connectivity index (χ4v) is 0.940. The van der Waals surface area contributed by atoms with Crippen LogP contribution in [0.25, 0.3) is 0 Å². The molecule has 78 valence electrons. The van der Waals surface area contributed by atoms with Crippen LogP contribution in [0.4, 0.5) is 17.7 Å². The summed E-state index contributed by atoms with van der Waals surface area (Å²) >= 11 is 0. The van der Waals surface area contributed by atoms with Crippen LogP contribution in [0.3, 0.4) is 0 Å². The Balaban J connectivity index is 4.93. The molecule has 0 bridgehead atoms. The molecule has 1 unspecified atom stereocenters. The molecule has 0 spiro atoms. The molecular formula is C7H11F4NO. The zero-order chi connectivity index (χ0) is 10.7. The number of nitrogens with one attached hydrogen (secondary N) is 1. The predicted molar refractivity (Wildman–Crippen MR) is 38.6 cm³/mol. The molecule has 0 saturated carbocycles. The number of carbonyl (C=O) groups is 1. The van der Waals surface area contributed by atoms with Crippen molar-refractivity contribution in [2.24, 2.45) is 0 Å². The van der Waals surface area contributed by atoms with E-state index in [2.05, 4.69) is 0 Å². The summed E-state index contributed by atoms with van der Waals surface area (Å²) in [4.78, 5) is 10.5. The molecule has 0 aromatic carbocycles. The number of rotatable bonds is 4. The molecule has 0 aliphatic rings. The minimum atomic E-state index is -3.85. The molecule has 0 rings (SSSR count).